The molecule has 0 aliphatic heterocycles. The molecule has 10 heteroatoms. The van der Waals surface area contributed by atoms with Crippen LogP contribution in [0.15, 0.2) is 45.7 Å². The summed E-state index contributed by atoms with van der Waals surface area (Å²) in [6, 6.07) is 10.1. The number of sulfonamides is 1. The van der Waals surface area contributed by atoms with Gasteiger partial charge < -0.3 is 13.9 Å². The minimum absolute atomic E-state index is 0.0423. The second-order valence-electron chi connectivity index (χ2n) is 4.85. The van der Waals surface area contributed by atoms with E-state index in [0.717, 1.165) is 0 Å². The summed E-state index contributed by atoms with van der Waals surface area (Å²) in [5.74, 6) is -1.39. The van der Waals surface area contributed by atoms with Gasteiger partial charge in [-0.05, 0) is 24.3 Å². The third-order valence-electron chi connectivity index (χ3n) is 3.13. The molecule has 0 saturated heterocycles. The van der Waals surface area contributed by atoms with E-state index in [0.29, 0.717) is 0 Å². The van der Waals surface area contributed by atoms with Crippen molar-refractivity contribution in [2.75, 3.05) is 13.7 Å². The Labute approximate surface area is 149 Å². The van der Waals surface area contributed by atoms with Crippen molar-refractivity contribution < 1.29 is 31.9 Å². The summed E-state index contributed by atoms with van der Waals surface area (Å²) >= 11 is 0. The molecule has 0 fully saturated rings. The number of nitriles is 1. The van der Waals surface area contributed by atoms with Gasteiger partial charge >= 0.3 is 11.9 Å². The van der Waals surface area contributed by atoms with Gasteiger partial charge in [-0.25, -0.2) is 13.2 Å². The number of hydrogen-bond donors (Lipinski definition) is 1. The molecule has 136 valence electrons. The van der Waals surface area contributed by atoms with E-state index in [-0.39, 0.29) is 28.6 Å². The van der Waals surface area contributed by atoms with Crippen LogP contribution in [-0.4, -0.2) is 34.0 Å². The van der Waals surface area contributed by atoms with Crippen LogP contribution in [0.5, 0.6) is 0 Å². The molecule has 0 aliphatic rings. The lowest BCUT2D eigenvalue weighted by atomic mass is 10.2. The predicted octanol–water partition coefficient (Wildman–Crippen LogP) is 0.960. The molecule has 1 N–H and O–H groups in total. The molecule has 26 heavy (non-hydrogen) atoms. The van der Waals surface area contributed by atoms with Crippen molar-refractivity contribution in [1.29, 1.82) is 5.26 Å². The fourth-order valence-corrected chi connectivity index (χ4v) is 3.02. The molecule has 0 aliphatic carbocycles. The van der Waals surface area contributed by atoms with Gasteiger partial charge in [-0.1, -0.05) is 12.1 Å². The van der Waals surface area contributed by atoms with Crippen LogP contribution < -0.4 is 4.72 Å². The number of esters is 2. The largest absolute Gasteiger partial charge is 0.463 e. The number of rotatable bonds is 7. The number of furan rings is 1. The number of nitrogens with zero attached hydrogens (tertiary/aromatic N) is 1. The van der Waals surface area contributed by atoms with Crippen LogP contribution in [-0.2, 0) is 30.9 Å². The molecule has 0 unspecified atom stereocenters. The minimum Gasteiger partial charge on any atom is -0.463 e. The molecular weight excluding hydrogens is 364 g/mol. The Morgan fingerprint density at radius 2 is 1.96 bits per heavy atom. The lowest BCUT2D eigenvalue weighted by Gasteiger charge is -2.08. The first-order valence-corrected chi connectivity index (χ1v) is 8.67. The van der Waals surface area contributed by atoms with Gasteiger partial charge in [0.15, 0.2) is 0 Å². The third kappa shape index (κ3) is 4.69. The van der Waals surface area contributed by atoms with Crippen molar-refractivity contribution in [1.82, 2.24) is 4.72 Å². The molecule has 1 heterocycles. The first kappa shape index (κ1) is 19.2. The smallest absolute Gasteiger partial charge is 0.373 e. The Kier molecular flexibility index (Phi) is 6.11. The highest BCUT2D eigenvalue weighted by Crippen LogP contribution is 2.14. The Hall–Kier alpha value is -3.16. The lowest BCUT2D eigenvalue weighted by molar-refractivity contribution is -0.144. The van der Waals surface area contributed by atoms with Crippen LogP contribution in [0.3, 0.4) is 0 Å². The summed E-state index contributed by atoms with van der Waals surface area (Å²) in [5.41, 5.74) is -0.0423. The van der Waals surface area contributed by atoms with E-state index < -0.39 is 28.5 Å². The molecule has 0 atom stereocenters. The summed E-state index contributed by atoms with van der Waals surface area (Å²) in [5, 5.41) is 8.95. The number of carbonyl (C=O) groups excluding carboxylic acids is 2. The molecular formula is C16H14N2O7S. The number of ether oxygens (including phenoxy) is 2. The van der Waals surface area contributed by atoms with Gasteiger partial charge in [0.25, 0.3) is 0 Å². The highest BCUT2D eigenvalue weighted by Gasteiger charge is 2.20. The zero-order valence-electron chi connectivity index (χ0n) is 13.6. The van der Waals surface area contributed by atoms with Crippen LogP contribution in [0.2, 0.25) is 0 Å². The zero-order chi connectivity index (χ0) is 19.2. The Morgan fingerprint density at radius 3 is 2.65 bits per heavy atom. The number of nitrogens with one attached hydrogen (secondary N) is 1. The molecule has 0 saturated carbocycles. The summed E-state index contributed by atoms with van der Waals surface area (Å²) in [7, 11) is -2.85. The molecule has 2 aromatic rings. The SMILES string of the molecule is COC(=O)c1ccc(COC(=O)CNS(=O)(=O)c2ccccc2C#N)o1. The van der Waals surface area contributed by atoms with E-state index >= 15 is 0 Å². The highest BCUT2D eigenvalue weighted by atomic mass is 32.2. The van der Waals surface area contributed by atoms with Gasteiger partial charge in [0.05, 0.1) is 17.6 Å². The zero-order valence-corrected chi connectivity index (χ0v) is 14.4. The molecule has 0 radical (unpaired) electrons. The molecule has 1 aromatic carbocycles. The van der Waals surface area contributed by atoms with Gasteiger partial charge in [-0.15, -0.1) is 0 Å². The normalized spacial score (nSPS) is 10.8. The molecule has 0 bridgehead atoms. The van der Waals surface area contributed by atoms with E-state index in [2.05, 4.69) is 9.46 Å². The number of benzene rings is 1. The third-order valence-corrected chi connectivity index (χ3v) is 4.59. The second kappa shape index (κ2) is 8.28. The summed E-state index contributed by atoms with van der Waals surface area (Å²) < 4.78 is 40.8. The van der Waals surface area contributed by atoms with Crippen LogP contribution in [0.25, 0.3) is 0 Å². The van der Waals surface area contributed by atoms with E-state index in [4.69, 9.17) is 14.4 Å². The predicted molar refractivity (Wildman–Crippen MR) is 86.2 cm³/mol. The van der Waals surface area contributed by atoms with Gasteiger partial charge in [0.2, 0.25) is 15.8 Å². The summed E-state index contributed by atoms with van der Waals surface area (Å²) in [6.45, 7) is -0.918. The molecule has 0 amide bonds. The fraction of sp³-hybridized carbons (Fsp3) is 0.188. The first-order valence-electron chi connectivity index (χ1n) is 7.19. The number of hydrogen-bond acceptors (Lipinski definition) is 8. The average Bonchev–Trinajstić information content (AvgIpc) is 3.13. The van der Waals surface area contributed by atoms with E-state index in [1.807, 2.05) is 0 Å². The number of methoxy groups -OCH3 is 1. The van der Waals surface area contributed by atoms with Gasteiger partial charge in [-0.3, -0.25) is 4.79 Å². The van der Waals surface area contributed by atoms with E-state index in [1.165, 1.54) is 43.5 Å². The second-order valence-corrected chi connectivity index (χ2v) is 6.59. The van der Waals surface area contributed by atoms with Crippen molar-refractivity contribution in [3.05, 3.63) is 53.5 Å². The van der Waals surface area contributed by atoms with Crippen molar-refractivity contribution in [2.24, 2.45) is 0 Å². The van der Waals surface area contributed by atoms with Crippen molar-refractivity contribution in [3.8, 4) is 6.07 Å². The van der Waals surface area contributed by atoms with Gasteiger partial charge in [-0.2, -0.15) is 9.98 Å². The average molecular weight is 378 g/mol. The van der Waals surface area contributed by atoms with Gasteiger partial charge in [0.1, 0.15) is 25.0 Å². The van der Waals surface area contributed by atoms with E-state index in [1.54, 1.807) is 6.07 Å². The van der Waals surface area contributed by atoms with Crippen LogP contribution in [0.1, 0.15) is 21.9 Å². The van der Waals surface area contributed by atoms with Crippen LogP contribution >= 0.6 is 0 Å². The van der Waals surface area contributed by atoms with Crippen molar-refractivity contribution >= 4 is 22.0 Å². The van der Waals surface area contributed by atoms with Crippen LogP contribution in [0, 0.1) is 11.3 Å². The topological polar surface area (TPSA) is 136 Å². The highest BCUT2D eigenvalue weighted by molar-refractivity contribution is 7.89. The van der Waals surface area contributed by atoms with Crippen LogP contribution in [0.4, 0.5) is 0 Å². The monoisotopic (exact) mass is 378 g/mol. The maximum Gasteiger partial charge on any atom is 0.373 e. The molecule has 0 spiro atoms. The molecule has 2 rings (SSSR count). The maximum absolute atomic E-state index is 12.2. The first-order chi connectivity index (χ1) is 12.4. The Morgan fingerprint density at radius 1 is 1.23 bits per heavy atom. The van der Waals surface area contributed by atoms with E-state index in [9.17, 15) is 18.0 Å². The fourth-order valence-electron chi connectivity index (χ4n) is 1.89. The Bertz CT molecular complexity index is 957. The van der Waals surface area contributed by atoms with Gasteiger partial charge in [0, 0.05) is 0 Å². The molecule has 9 nitrogen and oxygen atoms in total. The Balaban J connectivity index is 1.91. The van der Waals surface area contributed by atoms with Crippen molar-refractivity contribution in [3.63, 3.8) is 0 Å². The maximum atomic E-state index is 12.2. The summed E-state index contributed by atoms with van der Waals surface area (Å²) in [6.07, 6.45) is 0. The quantitative estimate of drug-likeness (QED) is 0.704. The van der Waals surface area contributed by atoms with Crippen molar-refractivity contribution in [2.45, 2.75) is 11.5 Å². The minimum atomic E-state index is -4.05. The molecule has 1 aromatic heterocycles. The standard InChI is InChI=1S/C16H14N2O7S/c1-23-16(20)13-7-6-12(25-13)10-24-15(19)9-18-26(21,22)14-5-3-2-4-11(14)8-17/h2-7,18H,9-10H2,1H3. The summed E-state index contributed by atoms with van der Waals surface area (Å²) in [4.78, 5) is 22.7. The number of carbonyl (C=O) groups is 2. The lowest BCUT2D eigenvalue weighted by Crippen LogP contribution is -2.31.